The van der Waals surface area contributed by atoms with E-state index in [9.17, 15) is 4.79 Å². The van der Waals surface area contributed by atoms with E-state index in [0.717, 1.165) is 24.3 Å². The topological polar surface area (TPSA) is 72.3 Å². The van der Waals surface area contributed by atoms with Gasteiger partial charge in [0, 0.05) is 24.3 Å². The van der Waals surface area contributed by atoms with Crippen molar-refractivity contribution >= 4 is 11.6 Å². The summed E-state index contributed by atoms with van der Waals surface area (Å²) in [6.45, 7) is 10.8. The minimum absolute atomic E-state index is 0.0618. The highest BCUT2D eigenvalue weighted by molar-refractivity contribution is 5.94. The van der Waals surface area contributed by atoms with E-state index < -0.39 is 0 Å². The number of nitrogens with two attached hydrogens (primary N) is 2. The first kappa shape index (κ1) is 15.5. The molecule has 0 unspecified atom stereocenters. The van der Waals surface area contributed by atoms with Gasteiger partial charge < -0.3 is 16.4 Å². The fourth-order valence-electron chi connectivity index (χ4n) is 2.09. The molecule has 4 heteroatoms. The van der Waals surface area contributed by atoms with Gasteiger partial charge >= 0.3 is 0 Å². The lowest BCUT2D eigenvalue weighted by molar-refractivity contribution is 0.0999. The summed E-state index contributed by atoms with van der Waals surface area (Å²) in [5.41, 5.74) is 13.8. The lowest BCUT2D eigenvalue weighted by Crippen LogP contribution is -2.38. The highest BCUT2D eigenvalue weighted by Gasteiger charge is 2.20. The Kier molecular flexibility index (Phi) is 4.95. The van der Waals surface area contributed by atoms with Crippen molar-refractivity contribution in [2.75, 3.05) is 24.5 Å². The van der Waals surface area contributed by atoms with Crippen LogP contribution in [0.4, 0.5) is 5.69 Å². The standard InChI is InChI=1S/C15H25N3O/c1-5-18(10-15(3,4)9-16)12-6-7-13(14(17)19)11(2)8-12/h6-8H,5,9-10,16H2,1-4H3,(H2,17,19). The molecule has 0 heterocycles. The van der Waals surface area contributed by atoms with Gasteiger partial charge in [0.1, 0.15) is 0 Å². The quantitative estimate of drug-likeness (QED) is 0.823. The number of carbonyl (C=O) groups is 1. The summed E-state index contributed by atoms with van der Waals surface area (Å²) in [5, 5.41) is 0. The minimum atomic E-state index is -0.380. The lowest BCUT2D eigenvalue weighted by atomic mass is 9.92. The molecular formula is C15H25N3O. The molecule has 4 N–H and O–H groups in total. The maximum Gasteiger partial charge on any atom is 0.248 e. The van der Waals surface area contributed by atoms with Crippen LogP contribution in [0, 0.1) is 12.3 Å². The van der Waals surface area contributed by atoms with Crippen LogP contribution < -0.4 is 16.4 Å². The zero-order chi connectivity index (χ0) is 14.6. The number of amides is 1. The van der Waals surface area contributed by atoms with Gasteiger partial charge in [-0.25, -0.2) is 0 Å². The minimum Gasteiger partial charge on any atom is -0.371 e. The summed E-state index contributed by atoms with van der Waals surface area (Å²) in [6, 6.07) is 5.75. The molecule has 0 aliphatic carbocycles. The normalized spacial score (nSPS) is 11.4. The molecule has 0 aromatic heterocycles. The number of hydrogen-bond donors (Lipinski definition) is 2. The van der Waals surface area contributed by atoms with Gasteiger partial charge in [0.15, 0.2) is 0 Å². The number of benzene rings is 1. The van der Waals surface area contributed by atoms with E-state index in [2.05, 4.69) is 25.7 Å². The van der Waals surface area contributed by atoms with E-state index in [4.69, 9.17) is 11.5 Å². The van der Waals surface area contributed by atoms with Gasteiger partial charge in [-0.15, -0.1) is 0 Å². The maximum absolute atomic E-state index is 11.2. The average Bonchev–Trinajstić information content (AvgIpc) is 2.35. The number of nitrogens with zero attached hydrogens (tertiary/aromatic N) is 1. The molecule has 0 fully saturated rings. The van der Waals surface area contributed by atoms with Crippen LogP contribution in [-0.2, 0) is 0 Å². The molecule has 19 heavy (non-hydrogen) atoms. The predicted octanol–water partition coefficient (Wildman–Crippen LogP) is 1.91. The van der Waals surface area contributed by atoms with Gasteiger partial charge in [-0.1, -0.05) is 13.8 Å². The van der Waals surface area contributed by atoms with Crippen LogP contribution >= 0.6 is 0 Å². The number of hydrogen-bond acceptors (Lipinski definition) is 3. The first-order valence-electron chi connectivity index (χ1n) is 6.66. The molecule has 0 atom stereocenters. The van der Waals surface area contributed by atoms with Gasteiger partial charge in [-0.3, -0.25) is 4.79 Å². The Labute approximate surface area is 115 Å². The Morgan fingerprint density at radius 2 is 2.00 bits per heavy atom. The molecule has 1 aromatic rings. The zero-order valence-electron chi connectivity index (χ0n) is 12.4. The van der Waals surface area contributed by atoms with E-state index in [0.29, 0.717) is 12.1 Å². The first-order valence-corrected chi connectivity index (χ1v) is 6.66. The molecule has 0 bridgehead atoms. The molecule has 0 saturated heterocycles. The molecule has 106 valence electrons. The Bertz CT molecular complexity index is 455. The molecule has 1 aromatic carbocycles. The van der Waals surface area contributed by atoms with Crippen LogP contribution in [0.15, 0.2) is 18.2 Å². The number of primary amides is 1. The van der Waals surface area contributed by atoms with E-state index in [-0.39, 0.29) is 11.3 Å². The molecule has 0 radical (unpaired) electrons. The SMILES string of the molecule is CCN(CC(C)(C)CN)c1ccc(C(N)=O)c(C)c1. The van der Waals surface area contributed by atoms with Gasteiger partial charge in [-0.2, -0.15) is 0 Å². The first-order chi connectivity index (χ1) is 8.80. The van der Waals surface area contributed by atoms with Crippen molar-refractivity contribution in [2.24, 2.45) is 16.9 Å². The van der Waals surface area contributed by atoms with E-state index in [1.165, 1.54) is 0 Å². The Hall–Kier alpha value is -1.55. The smallest absolute Gasteiger partial charge is 0.248 e. The van der Waals surface area contributed by atoms with Gasteiger partial charge in [0.05, 0.1) is 0 Å². The summed E-state index contributed by atoms with van der Waals surface area (Å²) in [7, 11) is 0. The largest absolute Gasteiger partial charge is 0.371 e. The van der Waals surface area contributed by atoms with E-state index in [1.54, 1.807) is 6.07 Å². The average molecular weight is 263 g/mol. The van der Waals surface area contributed by atoms with Crippen LogP contribution in [0.25, 0.3) is 0 Å². The van der Waals surface area contributed by atoms with Crippen LogP contribution in [0.2, 0.25) is 0 Å². The Balaban J connectivity index is 3.00. The molecule has 0 spiro atoms. The van der Waals surface area contributed by atoms with Crippen molar-refractivity contribution in [1.29, 1.82) is 0 Å². The lowest BCUT2D eigenvalue weighted by Gasteiger charge is -2.33. The molecular weight excluding hydrogens is 238 g/mol. The van der Waals surface area contributed by atoms with Crippen molar-refractivity contribution in [2.45, 2.75) is 27.7 Å². The number of aryl methyl sites for hydroxylation is 1. The van der Waals surface area contributed by atoms with E-state index in [1.807, 2.05) is 19.1 Å². The summed E-state index contributed by atoms with van der Waals surface area (Å²) >= 11 is 0. The third kappa shape index (κ3) is 3.96. The molecule has 1 amide bonds. The van der Waals surface area contributed by atoms with Crippen LogP contribution in [0.3, 0.4) is 0 Å². The maximum atomic E-state index is 11.2. The van der Waals surface area contributed by atoms with Crippen molar-refractivity contribution in [1.82, 2.24) is 0 Å². The summed E-state index contributed by atoms with van der Waals surface area (Å²) in [4.78, 5) is 13.5. The van der Waals surface area contributed by atoms with Gasteiger partial charge in [0.2, 0.25) is 5.91 Å². The second-order valence-electron chi connectivity index (χ2n) is 5.75. The molecule has 0 saturated carbocycles. The third-order valence-electron chi connectivity index (χ3n) is 3.39. The van der Waals surface area contributed by atoms with Crippen molar-refractivity contribution < 1.29 is 4.79 Å². The fourth-order valence-corrected chi connectivity index (χ4v) is 2.09. The highest BCUT2D eigenvalue weighted by Crippen LogP contribution is 2.23. The second-order valence-corrected chi connectivity index (χ2v) is 5.75. The Morgan fingerprint density at radius 1 is 1.37 bits per heavy atom. The van der Waals surface area contributed by atoms with Gasteiger partial charge in [0.25, 0.3) is 0 Å². The number of anilines is 1. The van der Waals surface area contributed by atoms with E-state index >= 15 is 0 Å². The molecule has 0 aliphatic heterocycles. The van der Waals surface area contributed by atoms with Crippen LogP contribution in [-0.4, -0.2) is 25.5 Å². The Morgan fingerprint density at radius 3 is 2.42 bits per heavy atom. The van der Waals surface area contributed by atoms with Crippen LogP contribution in [0.1, 0.15) is 36.7 Å². The summed E-state index contributed by atoms with van der Waals surface area (Å²) in [6.07, 6.45) is 0. The van der Waals surface area contributed by atoms with Crippen LogP contribution in [0.5, 0.6) is 0 Å². The summed E-state index contributed by atoms with van der Waals surface area (Å²) in [5.74, 6) is -0.380. The highest BCUT2D eigenvalue weighted by atomic mass is 16.1. The third-order valence-corrected chi connectivity index (χ3v) is 3.39. The molecule has 4 nitrogen and oxygen atoms in total. The number of rotatable bonds is 6. The summed E-state index contributed by atoms with van der Waals surface area (Å²) < 4.78 is 0. The molecule has 1 rings (SSSR count). The van der Waals surface area contributed by atoms with Gasteiger partial charge in [-0.05, 0) is 49.6 Å². The molecule has 0 aliphatic rings. The monoisotopic (exact) mass is 263 g/mol. The van der Waals surface area contributed by atoms with Crippen molar-refractivity contribution in [3.8, 4) is 0 Å². The second kappa shape index (κ2) is 6.06. The van der Waals surface area contributed by atoms with Crippen molar-refractivity contribution in [3.63, 3.8) is 0 Å². The zero-order valence-corrected chi connectivity index (χ0v) is 12.4. The number of carbonyl (C=O) groups excluding carboxylic acids is 1. The van der Waals surface area contributed by atoms with Crippen molar-refractivity contribution in [3.05, 3.63) is 29.3 Å². The fraction of sp³-hybridized carbons (Fsp3) is 0.533. The predicted molar refractivity (Wildman–Crippen MR) is 80.4 cm³/mol.